The maximum absolute atomic E-state index is 13.5. The van der Waals surface area contributed by atoms with Gasteiger partial charge in [-0.05, 0) is 13.2 Å². The van der Waals surface area contributed by atoms with Crippen LogP contribution in [0.25, 0.3) is 0 Å². The molecule has 0 saturated carbocycles. The van der Waals surface area contributed by atoms with Gasteiger partial charge in [-0.15, -0.1) is 0 Å². The number of benzene rings is 1. The maximum Gasteiger partial charge on any atom is 0.183 e. The summed E-state index contributed by atoms with van der Waals surface area (Å²) >= 11 is 1.14. The van der Waals surface area contributed by atoms with E-state index in [-0.39, 0.29) is 23.2 Å². The van der Waals surface area contributed by atoms with Gasteiger partial charge in [0.25, 0.3) is 0 Å². The smallest absolute Gasteiger partial charge is 0.183 e. The van der Waals surface area contributed by atoms with Crippen molar-refractivity contribution in [1.82, 2.24) is 5.32 Å². The second-order valence-electron chi connectivity index (χ2n) is 3.03. The van der Waals surface area contributed by atoms with Crippen LogP contribution in [0.5, 0.6) is 5.75 Å². The van der Waals surface area contributed by atoms with Crippen LogP contribution in [0.15, 0.2) is 17.1 Å². The van der Waals surface area contributed by atoms with E-state index < -0.39 is 11.6 Å². The van der Waals surface area contributed by atoms with Gasteiger partial charge in [-0.25, -0.2) is 13.8 Å². The highest BCUT2D eigenvalue weighted by Crippen LogP contribution is 2.32. The minimum absolute atomic E-state index is 0.00134. The third-order valence-electron chi connectivity index (χ3n) is 1.86. The molecule has 0 amide bonds. The van der Waals surface area contributed by atoms with E-state index in [9.17, 15) is 8.78 Å². The van der Waals surface area contributed by atoms with Gasteiger partial charge in [0.1, 0.15) is 11.5 Å². The van der Waals surface area contributed by atoms with E-state index in [4.69, 9.17) is 10.00 Å². The van der Waals surface area contributed by atoms with Gasteiger partial charge in [0.15, 0.2) is 22.9 Å². The molecule has 0 saturated heterocycles. The highest BCUT2D eigenvalue weighted by molar-refractivity contribution is 8.13. The fourth-order valence-electron chi connectivity index (χ4n) is 1.20. The first-order chi connectivity index (χ1) is 8.62. The van der Waals surface area contributed by atoms with E-state index >= 15 is 0 Å². The maximum atomic E-state index is 13.5. The van der Waals surface area contributed by atoms with Crippen LogP contribution >= 0.6 is 11.8 Å². The second kappa shape index (κ2) is 6.81. The van der Waals surface area contributed by atoms with Crippen molar-refractivity contribution < 1.29 is 13.5 Å². The molecule has 1 rings (SSSR count). The molecule has 96 valence electrons. The molecule has 1 N–H and O–H groups in total. The number of ether oxygens (including phenoxy) is 1. The highest BCUT2D eigenvalue weighted by atomic mass is 32.2. The summed E-state index contributed by atoms with van der Waals surface area (Å²) in [6.07, 6.45) is 3.37. The van der Waals surface area contributed by atoms with Gasteiger partial charge >= 0.3 is 0 Å². The monoisotopic (exact) mass is 271 g/mol. The SMILES string of the molecule is CCOc1c(F)cc(F)cc1N=C(NC#N)SC. The fraction of sp³-hybridized carbons (Fsp3) is 0.273. The van der Waals surface area contributed by atoms with Crippen molar-refractivity contribution in [2.75, 3.05) is 12.9 Å². The van der Waals surface area contributed by atoms with Gasteiger partial charge in [-0.1, -0.05) is 11.8 Å². The van der Waals surface area contributed by atoms with Crippen LogP contribution in [0.1, 0.15) is 6.92 Å². The standard InChI is InChI=1S/C11H11F2N3OS/c1-3-17-10-8(13)4-7(12)5-9(10)16-11(18-2)15-6-14/h4-5H,3H2,1-2H3,(H,15,16). The van der Waals surface area contributed by atoms with Crippen molar-refractivity contribution in [3.63, 3.8) is 0 Å². The fourth-order valence-corrected chi connectivity index (χ4v) is 1.54. The van der Waals surface area contributed by atoms with Crippen molar-refractivity contribution in [1.29, 1.82) is 5.26 Å². The van der Waals surface area contributed by atoms with Crippen molar-refractivity contribution in [3.05, 3.63) is 23.8 Å². The van der Waals surface area contributed by atoms with Crippen molar-refractivity contribution in [3.8, 4) is 11.9 Å². The molecule has 1 aromatic rings. The highest BCUT2D eigenvalue weighted by Gasteiger charge is 2.13. The molecular formula is C11H11F2N3OS. The lowest BCUT2D eigenvalue weighted by Gasteiger charge is -2.09. The average Bonchev–Trinajstić information content (AvgIpc) is 2.32. The molecule has 0 radical (unpaired) electrons. The zero-order valence-corrected chi connectivity index (χ0v) is 10.6. The Morgan fingerprint density at radius 1 is 1.56 bits per heavy atom. The third-order valence-corrected chi connectivity index (χ3v) is 2.44. The zero-order valence-electron chi connectivity index (χ0n) is 9.83. The van der Waals surface area contributed by atoms with E-state index in [2.05, 4.69) is 10.3 Å². The Morgan fingerprint density at radius 2 is 2.28 bits per heavy atom. The molecule has 0 heterocycles. The van der Waals surface area contributed by atoms with Gasteiger partial charge in [-0.2, -0.15) is 5.26 Å². The number of thioether (sulfide) groups is 1. The molecule has 4 nitrogen and oxygen atoms in total. The Hall–Kier alpha value is -1.81. The van der Waals surface area contributed by atoms with Crippen LogP contribution in [0.3, 0.4) is 0 Å². The Morgan fingerprint density at radius 3 is 2.83 bits per heavy atom. The van der Waals surface area contributed by atoms with E-state index in [0.717, 1.165) is 23.9 Å². The lowest BCUT2D eigenvalue weighted by Crippen LogP contribution is -2.12. The quantitative estimate of drug-likeness (QED) is 0.397. The number of aliphatic imine (C=N–C) groups is 1. The summed E-state index contributed by atoms with van der Waals surface area (Å²) in [4.78, 5) is 3.95. The molecule has 0 aliphatic rings. The number of nitrogens with one attached hydrogen (secondary N) is 1. The minimum Gasteiger partial charge on any atom is -0.489 e. The van der Waals surface area contributed by atoms with Crippen LogP contribution in [-0.4, -0.2) is 18.0 Å². The lowest BCUT2D eigenvalue weighted by atomic mass is 10.2. The topological polar surface area (TPSA) is 57.4 Å². The molecule has 0 aliphatic heterocycles. The van der Waals surface area contributed by atoms with Crippen LogP contribution < -0.4 is 10.1 Å². The summed E-state index contributed by atoms with van der Waals surface area (Å²) in [5.74, 6) is -1.72. The molecule has 0 aromatic heterocycles. The molecule has 1 aromatic carbocycles. The molecule has 0 atom stereocenters. The predicted molar refractivity (Wildman–Crippen MR) is 66.9 cm³/mol. The van der Waals surface area contributed by atoms with Gasteiger partial charge in [0.2, 0.25) is 0 Å². The average molecular weight is 271 g/mol. The number of hydrogen-bond acceptors (Lipinski definition) is 4. The predicted octanol–water partition coefficient (Wildman–Crippen LogP) is 2.78. The van der Waals surface area contributed by atoms with Gasteiger partial charge < -0.3 is 4.74 Å². The molecule has 0 spiro atoms. The summed E-state index contributed by atoms with van der Waals surface area (Å²) in [7, 11) is 0. The Bertz CT molecular complexity index is 500. The Labute approximate surface area is 108 Å². The second-order valence-corrected chi connectivity index (χ2v) is 3.82. The van der Waals surface area contributed by atoms with Crippen molar-refractivity contribution in [2.45, 2.75) is 6.92 Å². The number of rotatable bonds is 3. The number of halogens is 2. The van der Waals surface area contributed by atoms with E-state index in [1.807, 2.05) is 0 Å². The van der Waals surface area contributed by atoms with Crippen molar-refractivity contribution in [2.24, 2.45) is 4.99 Å². The van der Waals surface area contributed by atoms with Crippen LogP contribution in [0, 0.1) is 23.1 Å². The van der Waals surface area contributed by atoms with E-state index in [1.165, 1.54) is 0 Å². The number of hydrogen-bond donors (Lipinski definition) is 1. The minimum atomic E-state index is -0.826. The first-order valence-corrected chi connectivity index (χ1v) is 6.24. The molecular weight excluding hydrogens is 260 g/mol. The molecule has 0 aliphatic carbocycles. The summed E-state index contributed by atoms with van der Waals surface area (Å²) in [6.45, 7) is 1.91. The summed E-state index contributed by atoms with van der Waals surface area (Å²) in [5, 5.41) is 11.0. The van der Waals surface area contributed by atoms with Gasteiger partial charge in [0.05, 0.1) is 6.61 Å². The Balaban J connectivity index is 3.25. The molecule has 0 unspecified atom stereocenters. The van der Waals surface area contributed by atoms with E-state index in [0.29, 0.717) is 0 Å². The lowest BCUT2D eigenvalue weighted by molar-refractivity contribution is 0.321. The number of nitriles is 1. The first-order valence-electron chi connectivity index (χ1n) is 5.02. The van der Waals surface area contributed by atoms with Crippen LogP contribution in [-0.2, 0) is 0 Å². The largest absolute Gasteiger partial charge is 0.489 e. The summed E-state index contributed by atoms with van der Waals surface area (Å²) in [6, 6.07) is 1.77. The Kier molecular flexibility index (Phi) is 5.39. The van der Waals surface area contributed by atoms with Crippen LogP contribution in [0.4, 0.5) is 14.5 Å². The summed E-state index contributed by atoms with van der Waals surface area (Å²) in [5.41, 5.74) is 0.00134. The third kappa shape index (κ3) is 3.60. The van der Waals surface area contributed by atoms with Crippen molar-refractivity contribution >= 4 is 22.6 Å². The number of nitrogens with zero attached hydrogens (tertiary/aromatic N) is 2. The normalized spacial score (nSPS) is 10.9. The van der Waals surface area contributed by atoms with E-state index in [1.54, 1.807) is 19.4 Å². The molecule has 0 fully saturated rings. The summed E-state index contributed by atoms with van der Waals surface area (Å²) < 4.78 is 31.7. The molecule has 0 bridgehead atoms. The van der Waals surface area contributed by atoms with Gasteiger partial charge in [0, 0.05) is 12.1 Å². The molecule has 18 heavy (non-hydrogen) atoms. The molecule has 7 heteroatoms. The van der Waals surface area contributed by atoms with Gasteiger partial charge in [-0.3, -0.25) is 5.32 Å². The number of amidine groups is 1. The van der Waals surface area contributed by atoms with Crippen LogP contribution in [0.2, 0.25) is 0 Å². The first kappa shape index (κ1) is 14.3. The zero-order chi connectivity index (χ0) is 13.5.